The summed E-state index contributed by atoms with van der Waals surface area (Å²) in [6.07, 6.45) is 6.34. The monoisotopic (exact) mass is 201 g/mol. The van der Waals surface area contributed by atoms with Crippen molar-refractivity contribution in [3.63, 3.8) is 0 Å². The van der Waals surface area contributed by atoms with Crippen molar-refractivity contribution < 1.29 is 9.47 Å². The van der Waals surface area contributed by atoms with Crippen LogP contribution in [0.25, 0.3) is 0 Å². The minimum absolute atomic E-state index is 0.323. The molecule has 1 fully saturated rings. The van der Waals surface area contributed by atoms with E-state index in [4.69, 9.17) is 15.2 Å². The Kier molecular flexibility index (Phi) is 6.15. The highest BCUT2D eigenvalue weighted by molar-refractivity contribution is 4.73. The normalized spacial score (nSPS) is 27.0. The van der Waals surface area contributed by atoms with Crippen LogP contribution in [0.15, 0.2) is 0 Å². The van der Waals surface area contributed by atoms with Gasteiger partial charge in [-0.2, -0.15) is 0 Å². The first-order valence-corrected chi connectivity index (χ1v) is 5.80. The van der Waals surface area contributed by atoms with Gasteiger partial charge in [0.05, 0.1) is 18.8 Å². The van der Waals surface area contributed by atoms with Crippen LogP contribution >= 0.6 is 0 Å². The van der Waals surface area contributed by atoms with Crippen LogP contribution in [-0.4, -0.2) is 32.0 Å². The van der Waals surface area contributed by atoms with Crippen LogP contribution in [0.5, 0.6) is 0 Å². The second-order valence-electron chi connectivity index (χ2n) is 3.96. The lowest BCUT2D eigenvalue weighted by molar-refractivity contribution is -0.0168. The van der Waals surface area contributed by atoms with Gasteiger partial charge in [-0.05, 0) is 32.2 Å². The number of hydrogen-bond acceptors (Lipinski definition) is 3. The number of nitrogens with two attached hydrogens (primary N) is 1. The molecule has 1 saturated heterocycles. The molecule has 0 spiro atoms. The van der Waals surface area contributed by atoms with E-state index < -0.39 is 0 Å². The summed E-state index contributed by atoms with van der Waals surface area (Å²) in [5.74, 6) is 0. The zero-order chi connectivity index (χ0) is 10.2. The van der Waals surface area contributed by atoms with E-state index in [0.717, 1.165) is 45.4 Å². The summed E-state index contributed by atoms with van der Waals surface area (Å²) in [5, 5.41) is 0. The third-order valence-electron chi connectivity index (χ3n) is 2.63. The first kappa shape index (κ1) is 12.0. The Labute approximate surface area is 86.9 Å². The molecule has 1 aliphatic rings. The fourth-order valence-electron chi connectivity index (χ4n) is 1.76. The van der Waals surface area contributed by atoms with Crippen LogP contribution in [0.2, 0.25) is 0 Å². The van der Waals surface area contributed by atoms with Crippen molar-refractivity contribution >= 4 is 0 Å². The molecule has 0 aromatic heterocycles. The number of unbranched alkanes of at least 4 members (excludes halogenated alkanes) is 1. The summed E-state index contributed by atoms with van der Waals surface area (Å²) in [7, 11) is 0. The van der Waals surface area contributed by atoms with Crippen molar-refractivity contribution in [3.8, 4) is 0 Å². The zero-order valence-electron chi connectivity index (χ0n) is 9.21. The standard InChI is InChI=1S/C11H23NO2/c1-2-3-8-13-9-11-5-4-10(14-11)6-7-12/h10-11H,2-9,12H2,1H3/t10?,11-/m0/s1. The maximum absolute atomic E-state index is 5.78. The van der Waals surface area contributed by atoms with Gasteiger partial charge in [0, 0.05) is 6.61 Å². The Morgan fingerprint density at radius 2 is 2.14 bits per heavy atom. The fraction of sp³-hybridized carbons (Fsp3) is 1.00. The van der Waals surface area contributed by atoms with Crippen molar-refractivity contribution in [2.75, 3.05) is 19.8 Å². The summed E-state index contributed by atoms with van der Waals surface area (Å²) >= 11 is 0. The van der Waals surface area contributed by atoms with Crippen molar-refractivity contribution in [2.24, 2.45) is 5.73 Å². The third kappa shape index (κ3) is 4.40. The van der Waals surface area contributed by atoms with Gasteiger partial charge < -0.3 is 15.2 Å². The van der Waals surface area contributed by atoms with Gasteiger partial charge in [-0.25, -0.2) is 0 Å². The lowest BCUT2D eigenvalue weighted by Gasteiger charge is -2.13. The average molecular weight is 201 g/mol. The van der Waals surface area contributed by atoms with E-state index in [0.29, 0.717) is 12.2 Å². The smallest absolute Gasteiger partial charge is 0.0813 e. The van der Waals surface area contributed by atoms with E-state index in [2.05, 4.69) is 6.92 Å². The Balaban J connectivity index is 1.98. The Morgan fingerprint density at radius 1 is 1.36 bits per heavy atom. The molecule has 1 heterocycles. The van der Waals surface area contributed by atoms with E-state index in [1.807, 2.05) is 0 Å². The van der Waals surface area contributed by atoms with E-state index in [-0.39, 0.29) is 0 Å². The van der Waals surface area contributed by atoms with Gasteiger partial charge in [0.1, 0.15) is 0 Å². The molecule has 2 atom stereocenters. The lowest BCUT2D eigenvalue weighted by atomic mass is 10.1. The highest BCUT2D eigenvalue weighted by Gasteiger charge is 2.24. The van der Waals surface area contributed by atoms with Crippen LogP contribution in [0, 0.1) is 0 Å². The van der Waals surface area contributed by atoms with Gasteiger partial charge in [0.15, 0.2) is 0 Å². The Hall–Kier alpha value is -0.120. The molecule has 14 heavy (non-hydrogen) atoms. The van der Waals surface area contributed by atoms with E-state index in [1.54, 1.807) is 0 Å². The van der Waals surface area contributed by atoms with E-state index in [9.17, 15) is 0 Å². The van der Waals surface area contributed by atoms with Crippen LogP contribution in [0.3, 0.4) is 0 Å². The summed E-state index contributed by atoms with van der Waals surface area (Å²) < 4.78 is 11.3. The van der Waals surface area contributed by atoms with E-state index >= 15 is 0 Å². The molecule has 0 bridgehead atoms. The average Bonchev–Trinajstić information content (AvgIpc) is 2.61. The van der Waals surface area contributed by atoms with Crippen LogP contribution in [0.1, 0.15) is 39.0 Å². The summed E-state index contributed by atoms with van der Waals surface area (Å²) in [4.78, 5) is 0. The topological polar surface area (TPSA) is 44.5 Å². The molecule has 0 saturated carbocycles. The van der Waals surface area contributed by atoms with Crippen molar-refractivity contribution in [3.05, 3.63) is 0 Å². The lowest BCUT2D eigenvalue weighted by Crippen LogP contribution is -2.19. The fourth-order valence-corrected chi connectivity index (χ4v) is 1.76. The number of ether oxygens (including phenoxy) is 2. The first-order chi connectivity index (χ1) is 6.86. The summed E-state index contributed by atoms with van der Waals surface area (Å²) in [5.41, 5.74) is 5.48. The summed E-state index contributed by atoms with van der Waals surface area (Å²) in [6.45, 7) is 4.54. The van der Waals surface area contributed by atoms with Gasteiger partial charge in [-0.15, -0.1) is 0 Å². The molecular weight excluding hydrogens is 178 g/mol. The maximum atomic E-state index is 5.78. The zero-order valence-corrected chi connectivity index (χ0v) is 9.21. The van der Waals surface area contributed by atoms with Crippen LogP contribution in [-0.2, 0) is 9.47 Å². The second-order valence-corrected chi connectivity index (χ2v) is 3.96. The van der Waals surface area contributed by atoms with Gasteiger partial charge in [0.25, 0.3) is 0 Å². The van der Waals surface area contributed by atoms with Crippen molar-refractivity contribution in [2.45, 2.75) is 51.2 Å². The highest BCUT2D eigenvalue weighted by atomic mass is 16.5. The Morgan fingerprint density at radius 3 is 2.86 bits per heavy atom. The highest BCUT2D eigenvalue weighted by Crippen LogP contribution is 2.21. The molecule has 0 radical (unpaired) electrons. The minimum atomic E-state index is 0.323. The molecule has 3 heteroatoms. The van der Waals surface area contributed by atoms with Crippen LogP contribution in [0.4, 0.5) is 0 Å². The van der Waals surface area contributed by atoms with Gasteiger partial charge in [-0.3, -0.25) is 0 Å². The largest absolute Gasteiger partial charge is 0.379 e. The molecule has 1 aliphatic heterocycles. The molecule has 0 aromatic rings. The molecular formula is C11H23NO2. The third-order valence-corrected chi connectivity index (χ3v) is 2.63. The van der Waals surface area contributed by atoms with Crippen molar-refractivity contribution in [1.29, 1.82) is 0 Å². The minimum Gasteiger partial charge on any atom is -0.379 e. The van der Waals surface area contributed by atoms with Gasteiger partial charge >= 0.3 is 0 Å². The maximum Gasteiger partial charge on any atom is 0.0813 e. The predicted molar refractivity (Wildman–Crippen MR) is 57.3 cm³/mol. The molecule has 84 valence electrons. The molecule has 2 N–H and O–H groups in total. The van der Waals surface area contributed by atoms with Gasteiger partial charge in [0.2, 0.25) is 0 Å². The van der Waals surface area contributed by atoms with Crippen LogP contribution < -0.4 is 5.73 Å². The number of hydrogen-bond donors (Lipinski definition) is 1. The SMILES string of the molecule is CCCCOC[C@@H]1CCC(CCN)O1. The second kappa shape index (κ2) is 7.21. The quantitative estimate of drug-likeness (QED) is 0.638. The molecule has 3 nitrogen and oxygen atoms in total. The molecule has 0 amide bonds. The molecule has 0 aromatic carbocycles. The molecule has 1 unspecified atom stereocenters. The summed E-state index contributed by atoms with van der Waals surface area (Å²) in [6, 6.07) is 0. The predicted octanol–water partition coefficient (Wildman–Crippen LogP) is 1.70. The van der Waals surface area contributed by atoms with Gasteiger partial charge in [-0.1, -0.05) is 13.3 Å². The number of rotatable bonds is 7. The first-order valence-electron chi connectivity index (χ1n) is 5.80. The van der Waals surface area contributed by atoms with Crippen molar-refractivity contribution in [1.82, 2.24) is 0 Å². The van der Waals surface area contributed by atoms with E-state index in [1.165, 1.54) is 6.42 Å². The Bertz CT molecular complexity index is 141. The molecule has 1 rings (SSSR count). The molecule has 0 aliphatic carbocycles.